The number of piperidine rings is 1. The smallest absolute Gasteiger partial charge is 0.227 e. The fourth-order valence-corrected chi connectivity index (χ4v) is 3.35. The van der Waals surface area contributed by atoms with Crippen LogP contribution in [0.3, 0.4) is 0 Å². The molecule has 3 heterocycles. The van der Waals surface area contributed by atoms with E-state index in [2.05, 4.69) is 19.9 Å². The number of aryl methyl sites for hydroxylation is 1. The van der Waals surface area contributed by atoms with Gasteiger partial charge in [0.2, 0.25) is 5.89 Å². The first-order valence-corrected chi connectivity index (χ1v) is 7.57. The number of nitrogens with zero attached hydrogens (tertiary/aromatic N) is 4. The molecule has 0 aromatic carbocycles. The van der Waals surface area contributed by atoms with E-state index >= 15 is 0 Å². The van der Waals surface area contributed by atoms with Gasteiger partial charge < -0.3 is 9.42 Å². The summed E-state index contributed by atoms with van der Waals surface area (Å²) < 4.78 is 5.20. The molecule has 0 saturated carbocycles. The summed E-state index contributed by atoms with van der Waals surface area (Å²) in [4.78, 5) is 9.56. The van der Waals surface area contributed by atoms with Crippen LogP contribution in [0.5, 0.6) is 0 Å². The minimum Gasteiger partial charge on any atom is -0.339 e. The molecule has 3 rings (SSSR count). The van der Waals surface area contributed by atoms with E-state index < -0.39 is 0 Å². The van der Waals surface area contributed by atoms with Gasteiger partial charge in [0.25, 0.3) is 0 Å². The van der Waals surface area contributed by atoms with Crippen molar-refractivity contribution < 1.29 is 4.52 Å². The van der Waals surface area contributed by atoms with Crippen LogP contribution in [0.2, 0.25) is 0 Å². The van der Waals surface area contributed by atoms with Crippen molar-refractivity contribution in [3.8, 4) is 0 Å². The first-order chi connectivity index (χ1) is 9.31. The average molecular weight is 264 g/mol. The van der Waals surface area contributed by atoms with Crippen molar-refractivity contribution in [2.75, 3.05) is 32.7 Å². The molecule has 0 aliphatic carbocycles. The molecule has 1 aromatic rings. The quantitative estimate of drug-likeness (QED) is 0.827. The van der Waals surface area contributed by atoms with E-state index in [0.29, 0.717) is 0 Å². The second-order valence-electron chi connectivity index (χ2n) is 5.83. The lowest BCUT2D eigenvalue weighted by atomic mass is 10.0. The zero-order valence-electron chi connectivity index (χ0n) is 11.8. The lowest BCUT2D eigenvalue weighted by Gasteiger charge is -2.35. The molecule has 0 bridgehead atoms. The molecule has 5 heteroatoms. The highest BCUT2D eigenvalue weighted by Gasteiger charge is 2.26. The molecular formula is C14H24N4O. The highest BCUT2D eigenvalue weighted by Crippen LogP contribution is 2.20. The maximum Gasteiger partial charge on any atom is 0.227 e. The van der Waals surface area contributed by atoms with Gasteiger partial charge >= 0.3 is 0 Å². The molecule has 1 aromatic heterocycles. The maximum atomic E-state index is 5.20. The molecule has 106 valence electrons. The zero-order valence-corrected chi connectivity index (χ0v) is 11.8. The molecule has 0 N–H and O–H groups in total. The number of rotatable bonds is 3. The molecule has 0 spiro atoms. The highest BCUT2D eigenvalue weighted by atomic mass is 16.5. The Balaban J connectivity index is 1.53. The third kappa shape index (κ3) is 3.34. The Morgan fingerprint density at radius 3 is 2.95 bits per heavy atom. The zero-order chi connectivity index (χ0) is 13.1. The Morgan fingerprint density at radius 2 is 2.11 bits per heavy atom. The molecule has 1 unspecified atom stereocenters. The second-order valence-corrected chi connectivity index (χ2v) is 5.83. The van der Waals surface area contributed by atoms with Gasteiger partial charge in [0.15, 0.2) is 5.82 Å². The Morgan fingerprint density at radius 1 is 1.21 bits per heavy atom. The van der Waals surface area contributed by atoms with Gasteiger partial charge in [-0.25, -0.2) is 0 Å². The summed E-state index contributed by atoms with van der Waals surface area (Å²) in [6, 6.07) is 0.778. The number of hydrogen-bond donors (Lipinski definition) is 0. The van der Waals surface area contributed by atoms with Crippen LogP contribution in [0, 0.1) is 6.92 Å². The summed E-state index contributed by atoms with van der Waals surface area (Å²) in [5.74, 6) is 1.52. The van der Waals surface area contributed by atoms with Crippen LogP contribution < -0.4 is 0 Å². The Kier molecular flexibility index (Phi) is 4.13. The van der Waals surface area contributed by atoms with Crippen molar-refractivity contribution in [2.24, 2.45) is 0 Å². The van der Waals surface area contributed by atoms with Crippen LogP contribution in [0.15, 0.2) is 4.52 Å². The fraction of sp³-hybridized carbons (Fsp3) is 0.857. The standard InChI is InChI=1S/C14H24N4O/c1-12-15-14(19-16-12)6-10-17-7-4-9-18-8-3-2-5-13(18)11-17/h13H,2-11H2,1H3. The molecule has 1 atom stereocenters. The van der Waals surface area contributed by atoms with E-state index in [4.69, 9.17) is 4.52 Å². The Hall–Kier alpha value is -0.940. The molecule has 19 heavy (non-hydrogen) atoms. The molecule has 2 aliphatic rings. The van der Waals surface area contributed by atoms with Crippen LogP contribution in [-0.4, -0.2) is 58.7 Å². The van der Waals surface area contributed by atoms with Gasteiger partial charge in [0.05, 0.1) is 0 Å². The Labute approximate surface area is 115 Å². The lowest BCUT2D eigenvalue weighted by molar-refractivity contribution is 0.136. The van der Waals surface area contributed by atoms with Crippen LogP contribution >= 0.6 is 0 Å². The van der Waals surface area contributed by atoms with Crippen molar-refractivity contribution in [1.82, 2.24) is 19.9 Å². The molecule has 2 saturated heterocycles. The van der Waals surface area contributed by atoms with E-state index in [0.717, 1.165) is 30.7 Å². The fourth-order valence-electron chi connectivity index (χ4n) is 3.35. The third-order valence-corrected chi connectivity index (χ3v) is 4.35. The summed E-state index contributed by atoms with van der Waals surface area (Å²) in [5, 5.41) is 3.85. The number of aromatic nitrogens is 2. The van der Waals surface area contributed by atoms with E-state index in [1.165, 1.54) is 51.9 Å². The van der Waals surface area contributed by atoms with Crippen molar-refractivity contribution in [2.45, 2.75) is 45.1 Å². The third-order valence-electron chi connectivity index (χ3n) is 4.35. The monoisotopic (exact) mass is 264 g/mol. The maximum absolute atomic E-state index is 5.20. The van der Waals surface area contributed by atoms with Crippen molar-refractivity contribution in [1.29, 1.82) is 0 Å². The molecule has 0 amide bonds. The predicted molar refractivity (Wildman–Crippen MR) is 73.0 cm³/mol. The summed E-state index contributed by atoms with van der Waals surface area (Å²) in [6.45, 7) is 7.93. The molecule has 0 radical (unpaired) electrons. The van der Waals surface area contributed by atoms with Gasteiger partial charge in [-0.1, -0.05) is 11.6 Å². The summed E-state index contributed by atoms with van der Waals surface area (Å²) in [6.07, 6.45) is 6.33. The van der Waals surface area contributed by atoms with E-state index in [1.807, 2.05) is 6.92 Å². The Bertz CT molecular complexity index is 406. The van der Waals surface area contributed by atoms with E-state index in [9.17, 15) is 0 Å². The first kappa shape index (κ1) is 13.1. The van der Waals surface area contributed by atoms with Crippen molar-refractivity contribution in [3.63, 3.8) is 0 Å². The van der Waals surface area contributed by atoms with Gasteiger partial charge in [-0.2, -0.15) is 4.98 Å². The molecule has 2 fully saturated rings. The minimum absolute atomic E-state index is 0.740. The average Bonchev–Trinajstić information content (AvgIpc) is 2.72. The van der Waals surface area contributed by atoms with Gasteiger partial charge in [0, 0.05) is 25.6 Å². The van der Waals surface area contributed by atoms with Gasteiger partial charge in [-0.3, -0.25) is 4.90 Å². The SMILES string of the molecule is Cc1noc(CCN2CCCN3CCCCC3C2)n1. The largest absolute Gasteiger partial charge is 0.339 e. The molecular weight excluding hydrogens is 240 g/mol. The van der Waals surface area contributed by atoms with Gasteiger partial charge in [-0.15, -0.1) is 0 Å². The van der Waals surface area contributed by atoms with Crippen LogP contribution in [0.25, 0.3) is 0 Å². The normalized spacial score (nSPS) is 26.1. The minimum atomic E-state index is 0.740. The van der Waals surface area contributed by atoms with Crippen LogP contribution in [0.1, 0.15) is 37.4 Å². The van der Waals surface area contributed by atoms with Crippen LogP contribution in [0.4, 0.5) is 0 Å². The molecule has 2 aliphatic heterocycles. The summed E-state index contributed by atoms with van der Waals surface area (Å²) in [5.41, 5.74) is 0. The van der Waals surface area contributed by atoms with Crippen LogP contribution in [-0.2, 0) is 6.42 Å². The lowest BCUT2D eigenvalue weighted by Crippen LogP contribution is -2.44. The number of fused-ring (bicyclic) bond motifs is 1. The summed E-state index contributed by atoms with van der Waals surface area (Å²) >= 11 is 0. The van der Waals surface area contributed by atoms with E-state index in [1.54, 1.807) is 0 Å². The van der Waals surface area contributed by atoms with Gasteiger partial charge in [-0.05, 0) is 45.8 Å². The topological polar surface area (TPSA) is 45.4 Å². The highest BCUT2D eigenvalue weighted by molar-refractivity contribution is 4.87. The summed E-state index contributed by atoms with van der Waals surface area (Å²) in [7, 11) is 0. The second kappa shape index (κ2) is 6.01. The predicted octanol–water partition coefficient (Wildman–Crippen LogP) is 1.48. The van der Waals surface area contributed by atoms with Gasteiger partial charge in [0.1, 0.15) is 0 Å². The first-order valence-electron chi connectivity index (χ1n) is 7.57. The number of hydrogen-bond acceptors (Lipinski definition) is 5. The van der Waals surface area contributed by atoms with Crippen molar-refractivity contribution >= 4 is 0 Å². The molecule has 5 nitrogen and oxygen atoms in total. The van der Waals surface area contributed by atoms with Crippen molar-refractivity contribution in [3.05, 3.63) is 11.7 Å². The van der Waals surface area contributed by atoms with E-state index in [-0.39, 0.29) is 0 Å².